The molecule has 5 nitrogen and oxygen atoms in total. The number of hydrogen-bond donors (Lipinski definition) is 2. The van der Waals surface area contributed by atoms with Gasteiger partial charge in [0.1, 0.15) is 5.75 Å². The van der Waals surface area contributed by atoms with Crippen LogP contribution in [0.5, 0.6) is 5.75 Å². The minimum Gasteiger partial charge on any atom is -0.484 e. The molecule has 2 amide bonds. The predicted octanol–water partition coefficient (Wildman–Crippen LogP) is 3.41. The van der Waals surface area contributed by atoms with Crippen molar-refractivity contribution >= 4 is 34.8 Å². The van der Waals surface area contributed by atoms with Gasteiger partial charge in [-0.05, 0) is 55.0 Å². The number of fused-ring (bicyclic) bond motifs is 1. The Morgan fingerprint density at radius 1 is 1.26 bits per heavy atom. The van der Waals surface area contributed by atoms with Gasteiger partial charge in [-0.25, -0.2) is 0 Å². The summed E-state index contributed by atoms with van der Waals surface area (Å²) in [5.74, 6) is 0.0495. The van der Waals surface area contributed by atoms with Gasteiger partial charge >= 0.3 is 0 Å². The van der Waals surface area contributed by atoms with Gasteiger partial charge in [-0.1, -0.05) is 11.6 Å². The van der Waals surface area contributed by atoms with E-state index in [9.17, 15) is 9.59 Å². The molecule has 0 bridgehead atoms. The van der Waals surface area contributed by atoms with Crippen molar-refractivity contribution in [3.8, 4) is 5.75 Å². The van der Waals surface area contributed by atoms with E-state index in [4.69, 9.17) is 16.3 Å². The number of benzene rings is 2. The van der Waals surface area contributed by atoms with Crippen molar-refractivity contribution in [1.29, 1.82) is 0 Å². The Balaban J connectivity index is 1.60. The van der Waals surface area contributed by atoms with Gasteiger partial charge in [0.05, 0.1) is 5.92 Å². The van der Waals surface area contributed by atoms with E-state index >= 15 is 0 Å². The first-order valence-electron chi connectivity index (χ1n) is 7.16. The van der Waals surface area contributed by atoms with Gasteiger partial charge in [-0.15, -0.1) is 0 Å². The molecular weight excluding hydrogens is 316 g/mol. The number of halogens is 1. The third-order valence-electron chi connectivity index (χ3n) is 3.64. The highest BCUT2D eigenvalue weighted by Crippen LogP contribution is 2.33. The zero-order chi connectivity index (χ0) is 16.4. The molecule has 6 heteroatoms. The zero-order valence-electron chi connectivity index (χ0n) is 12.4. The summed E-state index contributed by atoms with van der Waals surface area (Å²) in [7, 11) is 0. The molecule has 3 rings (SSSR count). The Morgan fingerprint density at radius 3 is 2.74 bits per heavy atom. The maximum atomic E-state index is 12.0. The van der Waals surface area contributed by atoms with E-state index in [1.807, 2.05) is 6.92 Å². The minimum absolute atomic E-state index is 0.0328. The summed E-state index contributed by atoms with van der Waals surface area (Å²) in [5.41, 5.74) is 2.31. The number of anilines is 2. The average molecular weight is 331 g/mol. The minimum atomic E-state index is -0.273. The number of hydrogen-bond acceptors (Lipinski definition) is 3. The smallest absolute Gasteiger partial charge is 0.262 e. The molecular formula is C17H15ClN2O3. The molecule has 118 valence electrons. The third kappa shape index (κ3) is 3.46. The lowest BCUT2D eigenvalue weighted by Gasteiger charge is -2.09. The van der Waals surface area contributed by atoms with Crippen molar-refractivity contribution in [1.82, 2.24) is 0 Å². The van der Waals surface area contributed by atoms with Gasteiger partial charge in [0.15, 0.2) is 6.61 Å². The molecule has 2 aromatic carbocycles. The summed E-state index contributed by atoms with van der Waals surface area (Å²) >= 11 is 5.79. The van der Waals surface area contributed by atoms with Crippen LogP contribution in [-0.2, 0) is 9.59 Å². The van der Waals surface area contributed by atoms with E-state index < -0.39 is 0 Å². The molecule has 0 saturated heterocycles. The van der Waals surface area contributed by atoms with Crippen LogP contribution in [0.3, 0.4) is 0 Å². The normalized spacial score (nSPS) is 15.7. The van der Waals surface area contributed by atoms with Crippen molar-refractivity contribution in [2.75, 3.05) is 17.2 Å². The van der Waals surface area contributed by atoms with Gasteiger partial charge in [-0.2, -0.15) is 0 Å². The van der Waals surface area contributed by atoms with Gasteiger partial charge in [0.25, 0.3) is 5.91 Å². The zero-order valence-corrected chi connectivity index (χ0v) is 13.2. The molecule has 2 N–H and O–H groups in total. The molecule has 1 aliphatic rings. The topological polar surface area (TPSA) is 67.4 Å². The molecule has 0 spiro atoms. The summed E-state index contributed by atoms with van der Waals surface area (Å²) in [6.45, 7) is 1.72. The standard InChI is InChI=1S/C17H15ClN2O3/c1-10-14-8-12(4-7-15(14)20-17(10)22)19-16(21)9-23-13-5-2-11(18)3-6-13/h2-8,10H,9H2,1H3,(H,19,21)(H,20,22). The van der Waals surface area contributed by atoms with Crippen LogP contribution < -0.4 is 15.4 Å². The van der Waals surface area contributed by atoms with E-state index in [0.29, 0.717) is 16.5 Å². The first kappa shape index (κ1) is 15.4. The fourth-order valence-corrected chi connectivity index (χ4v) is 2.50. The first-order valence-corrected chi connectivity index (χ1v) is 7.54. The molecule has 1 heterocycles. The van der Waals surface area contributed by atoms with Crippen molar-refractivity contribution in [2.24, 2.45) is 0 Å². The quantitative estimate of drug-likeness (QED) is 0.902. The summed E-state index contributed by atoms with van der Waals surface area (Å²) in [6.07, 6.45) is 0. The fraction of sp³-hybridized carbons (Fsp3) is 0.176. The highest BCUT2D eigenvalue weighted by atomic mass is 35.5. The number of ether oxygens (including phenoxy) is 1. The van der Waals surface area contributed by atoms with Crippen LogP contribution in [-0.4, -0.2) is 18.4 Å². The molecule has 2 aromatic rings. The highest BCUT2D eigenvalue weighted by molar-refractivity contribution is 6.30. The second-order valence-corrected chi connectivity index (χ2v) is 5.74. The van der Waals surface area contributed by atoms with Gasteiger partial charge in [0.2, 0.25) is 5.91 Å². The number of carbonyl (C=O) groups is 2. The Labute approximate surface area is 138 Å². The SMILES string of the molecule is CC1C(=O)Nc2ccc(NC(=O)COc3ccc(Cl)cc3)cc21. The lowest BCUT2D eigenvalue weighted by atomic mass is 10.0. The molecule has 1 unspecified atom stereocenters. The Morgan fingerprint density at radius 2 is 2.00 bits per heavy atom. The maximum absolute atomic E-state index is 12.0. The highest BCUT2D eigenvalue weighted by Gasteiger charge is 2.26. The predicted molar refractivity (Wildman–Crippen MR) is 89.1 cm³/mol. The largest absolute Gasteiger partial charge is 0.484 e. The lowest BCUT2D eigenvalue weighted by molar-refractivity contribution is -0.118. The number of rotatable bonds is 4. The monoisotopic (exact) mass is 330 g/mol. The average Bonchev–Trinajstić information content (AvgIpc) is 2.82. The van der Waals surface area contributed by atoms with Crippen LogP contribution >= 0.6 is 11.6 Å². The van der Waals surface area contributed by atoms with Crippen molar-refractivity contribution in [3.05, 3.63) is 53.1 Å². The van der Waals surface area contributed by atoms with Crippen LogP contribution in [0, 0.1) is 0 Å². The Hall–Kier alpha value is -2.53. The van der Waals surface area contributed by atoms with Crippen LogP contribution in [0.1, 0.15) is 18.4 Å². The summed E-state index contributed by atoms with van der Waals surface area (Å²) in [5, 5.41) is 6.16. The van der Waals surface area contributed by atoms with E-state index in [-0.39, 0.29) is 24.3 Å². The summed E-state index contributed by atoms with van der Waals surface area (Å²) in [6, 6.07) is 12.1. The Kier molecular flexibility index (Phi) is 4.21. The number of carbonyl (C=O) groups excluding carboxylic acids is 2. The van der Waals surface area contributed by atoms with Crippen LogP contribution in [0.2, 0.25) is 5.02 Å². The second-order valence-electron chi connectivity index (χ2n) is 5.30. The van der Waals surface area contributed by atoms with E-state index in [2.05, 4.69) is 10.6 Å². The van der Waals surface area contributed by atoms with E-state index in [1.54, 1.807) is 42.5 Å². The van der Waals surface area contributed by atoms with E-state index in [0.717, 1.165) is 11.3 Å². The third-order valence-corrected chi connectivity index (χ3v) is 3.89. The molecule has 1 aliphatic heterocycles. The van der Waals surface area contributed by atoms with Gasteiger partial charge in [-0.3, -0.25) is 9.59 Å². The molecule has 0 saturated carbocycles. The molecule has 0 aliphatic carbocycles. The van der Waals surface area contributed by atoms with Crippen LogP contribution in [0.4, 0.5) is 11.4 Å². The fourth-order valence-electron chi connectivity index (χ4n) is 2.37. The Bertz CT molecular complexity index is 759. The van der Waals surface area contributed by atoms with Crippen LogP contribution in [0.15, 0.2) is 42.5 Å². The van der Waals surface area contributed by atoms with Crippen molar-refractivity contribution in [2.45, 2.75) is 12.8 Å². The van der Waals surface area contributed by atoms with Crippen molar-refractivity contribution in [3.63, 3.8) is 0 Å². The van der Waals surface area contributed by atoms with Gasteiger partial charge < -0.3 is 15.4 Å². The number of amides is 2. The molecule has 23 heavy (non-hydrogen) atoms. The maximum Gasteiger partial charge on any atom is 0.262 e. The van der Waals surface area contributed by atoms with Gasteiger partial charge in [0, 0.05) is 16.4 Å². The lowest BCUT2D eigenvalue weighted by Crippen LogP contribution is -2.20. The summed E-state index contributed by atoms with van der Waals surface area (Å²) in [4.78, 5) is 23.6. The molecule has 0 fully saturated rings. The van der Waals surface area contributed by atoms with Crippen molar-refractivity contribution < 1.29 is 14.3 Å². The molecule has 0 aromatic heterocycles. The van der Waals surface area contributed by atoms with Crippen LogP contribution in [0.25, 0.3) is 0 Å². The summed E-state index contributed by atoms with van der Waals surface area (Å²) < 4.78 is 5.39. The van der Waals surface area contributed by atoms with E-state index in [1.165, 1.54) is 0 Å². The molecule has 0 radical (unpaired) electrons. The number of nitrogens with one attached hydrogen (secondary N) is 2. The molecule has 1 atom stereocenters. The first-order chi connectivity index (χ1) is 11.0. The second kappa shape index (κ2) is 6.30.